The number of pyridine rings is 1. The largest absolute Gasteiger partial charge is 0.379 e. The number of aromatic nitrogens is 4. The van der Waals surface area contributed by atoms with Gasteiger partial charge in [0, 0.05) is 45.3 Å². The Hall–Kier alpha value is -3.25. The van der Waals surface area contributed by atoms with E-state index in [0.29, 0.717) is 38.2 Å². The Morgan fingerprint density at radius 2 is 1.76 bits per heavy atom. The topological polar surface area (TPSA) is 71.3 Å². The van der Waals surface area contributed by atoms with Crippen LogP contribution in [0.15, 0.2) is 36.7 Å². The summed E-state index contributed by atoms with van der Waals surface area (Å²) in [7, 11) is 0. The van der Waals surface area contributed by atoms with E-state index in [2.05, 4.69) is 25.3 Å². The maximum Gasteiger partial charge on any atom is 0.264 e. The molecule has 2 aliphatic rings. The molecule has 0 bridgehead atoms. The summed E-state index contributed by atoms with van der Waals surface area (Å²) >= 11 is 0. The number of hydrogen-bond acceptors (Lipinski definition) is 7. The van der Waals surface area contributed by atoms with Gasteiger partial charge in [0.1, 0.15) is 29.6 Å². The smallest absolute Gasteiger partial charge is 0.264 e. The van der Waals surface area contributed by atoms with Crippen molar-refractivity contribution in [2.75, 3.05) is 49.6 Å². The Labute approximate surface area is 188 Å². The summed E-state index contributed by atoms with van der Waals surface area (Å²) in [5, 5.41) is 6.92. The van der Waals surface area contributed by atoms with Crippen LogP contribution in [0.1, 0.15) is 13.4 Å². The highest BCUT2D eigenvalue weighted by Gasteiger charge is 2.34. The van der Waals surface area contributed by atoms with Gasteiger partial charge in [0.2, 0.25) is 5.95 Å². The fourth-order valence-electron chi connectivity index (χ4n) is 3.94. The molecule has 1 aromatic carbocycles. The van der Waals surface area contributed by atoms with E-state index in [1.54, 1.807) is 0 Å². The number of benzene rings is 1. The summed E-state index contributed by atoms with van der Waals surface area (Å²) in [6.07, 6.45) is -1.42. The van der Waals surface area contributed by atoms with Gasteiger partial charge >= 0.3 is 0 Å². The molecule has 0 atom stereocenters. The Bertz CT molecular complexity index is 1120. The van der Waals surface area contributed by atoms with Crippen molar-refractivity contribution >= 4 is 17.6 Å². The van der Waals surface area contributed by atoms with Crippen molar-refractivity contribution in [2.45, 2.75) is 12.5 Å². The third-order valence-corrected chi connectivity index (χ3v) is 5.68. The molecule has 1 N–H and O–H groups in total. The first-order chi connectivity index (χ1) is 15.9. The minimum absolute atomic E-state index is 0. The first kappa shape index (κ1) is 21.6. The summed E-state index contributed by atoms with van der Waals surface area (Å²) in [6, 6.07) is 5.91. The molecule has 33 heavy (non-hydrogen) atoms. The SMILES string of the molecule is Fc1cc(F)cc(-n2cnc(Nc3cc(C(F)F)cc(N4CC(N5CCOCC5)C4)n3)n2)c1.[HH]. The molecule has 176 valence electrons. The fraction of sp³-hybridized carbons (Fsp3) is 0.381. The molecule has 0 spiro atoms. The zero-order valence-corrected chi connectivity index (χ0v) is 17.5. The lowest BCUT2D eigenvalue weighted by Crippen LogP contribution is -2.61. The van der Waals surface area contributed by atoms with Crippen molar-refractivity contribution in [1.82, 2.24) is 24.6 Å². The number of nitrogens with one attached hydrogen (secondary N) is 1. The van der Waals surface area contributed by atoms with Crippen LogP contribution >= 0.6 is 0 Å². The normalized spacial score (nSPS) is 17.4. The maximum atomic E-state index is 13.5. The molecule has 12 heteroatoms. The summed E-state index contributed by atoms with van der Waals surface area (Å²) in [5.74, 6) is -0.863. The van der Waals surface area contributed by atoms with E-state index in [4.69, 9.17) is 4.74 Å². The van der Waals surface area contributed by atoms with Crippen LogP contribution in [0.5, 0.6) is 0 Å². The van der Waals surface area contributed by atoms with E-state index in [1.165, 1.54) is 23.1 Å². The van der Waals surface area contributed by atoms with E-state index in [0.717, 1.165) is 31.3 Å². The van der Waals surface area contributed by atoms with Gasteiger partial charge in [-0.1, -0.05) is 0 Å². The number of anilines is 3. The lowest BCUT2D eigenvalue weighted by Gasteiger charge is -2.47. The molecule has 2 fully saturated rings. The van der Waals surface area contributed by atoms with Gasteiger partial charge in [-0.25, -0.2) is 27.2 Å². The molecule has 2 saturated heterocycles. The van der Waals surface area contributed by atoms with Crippen molar-refractivity contribution in [3.8, 4) is 5.69 Å². The Morgan fingerprint density at radius 1 is 1.03 bits per heavy atom. The monoisotopic (exact) mass is 465 g/mol. The van der Waals surface area contributed by atoms with Crippen LogP contribution in [0.25, 0.3) is 5.69 Å². The molecule has 0 amide bonds. The first-order valence-electron chi connectivity index (χ1n) is 10.5. The van der Waals surface area contributed by atoms with Crippen molar-refractivity contribution in [3.05, 3.63) is 53.9 Å². The fourth-order valence-corrected chi connectivity index (χ4v) is 3.94. The van der Waals surface area contributed by atoms with Crippen molar-refractivity contribution < 1.29 is 23.7 Å². The Balaban J connectivity index is 0.00000274. The van der Waals surface area contributed by atoms with Crippen molar-refractivity contribution in [2.24, 2.45) is 0 Å². The zero-order valence-electron chi connectivity index (χ0n) is 17.5. The van der Waals surface area contributed by atoms with E-state index in [-0.39, 0.29) is 24.4 Å². The lowest BCUT2D eigenvalue weighted by atomic mass is 10.1. The van der Waals surface area contributed by atoms with Gasteiger partial charge in [0.15, 0.2) is 0 Å². The summed E-state index contributed by atoms with van der Waals surface area (Å²) < 4.78 is 60.5. The van der Waals surface area contributed by atoms with E-state index in [9.17, 15) is 17.6 Å². The third kappa shape index (κ3) is 4.76. The highest BCUT2D eigenvalue weighted by molar-refractivity contribution is 5.56. The van der Waals surface area contributed by atoms with Gasteiger partial charge in [0.25, 0.3) is 6.43 Å². The minimum Gasteiger partial charge on any atom is -0.379 e. The number of morpholine rings is 1. The molecule has 5 rings (SSSR count). The average Bonchev–Trinajstić information content (AvgIpc) is 3.21. The van der Waals surface area contributed by atoms with Crippen molar-refractivity contribution in [1.29, 1.82) is 0 Å². The molecule has 0 aliphatic carbocycles. The molecule has 2 aromatic heterocycles. The second-order valence-corrected chi connectivity index (χ2v) is 7.92. The van der Waals surface area contributed by atoms with Crippen LogP contribution in [0.3, 0.4) is 0 Å². The number of alkyl halides is 2. The molecular weight excluding hydrogens is 442 g/mol. The molecule has 0 radical (unpaired) electrons. The van der Waals surface area contributed by atoms with Gasteiger partial charge in [-0.15, -0.1) is 5.10 Å². The highest BCUT2D eigenvalue weighted by Crippen LogP contribution is 2.30. The van der Waals surface area contributed by atoms with E-state index >= 15 is 0 Å². The highest BCUT2D eigenvalue weighted by atomic mass is 19.3. The Kier molecular flexibility index (Phi) is 5.85. The average molecular weight is 465 g/mol. The first-order valence-corrected chi connectivity index (χ1v) is 10.5. The number of ether oxygens (including phenoxy) is 1. The van der Waals surface area contributed by atoms with Crippen LogP contribution in [-0.2, 0) is 4.74 Å². The van der Waals surface area contributed by atoms with Gasteiger partial charge in [0.05, 0.1) is 18.9 Å². The van der Waals surface area contributed by atoms with Gasteiger partial charge in [-0.05, 0) is 24.3 Å². The predicted octanol–water partition coefficient (Wildman–Crippen LogP) is 3.39. The summed E-state index contributed by atoms with van der Waals surface area (Å²) in [4.78, 5) is 12.8. The van der Waals surface area contributed by atoms with E-state index < -0.39 is 18.1 Å². The number of hydrogen-bond donors (Lipinski definition) is 1. The Morgan fingerprint density at radius 3 is 2.45 bits per heavy atom. The molecule has 2 aliphatic heterocycles. The number of rotatable bonds is 6. The van der Waals surface area contributed by atoms with Crippen LogP contribution in [0.2, 0.25) is 0 Å². The van der Waals surface area contributed by atoms with Crippen LogP contribution in [-0.4, -0.2) is 70.1 Å². The molecular formula is C21H23F4N7O. The number of nitrogens with zero attached hydrogens (tertiary/aromatic N) is 6. The van der Waals surface area contributed by atoms with Crippen LogP contribution < -0.4 is 10.2 Å². The zero-order chi connectivity index (χ0) is 22.9. The van der Waals surface area contributed by atoms with Crippen molar-refractivity contribution in [3.63, 3.8) is 0 Å². The molecule has 4 heterocycles. The molecule has 8 nitrogen and oxygen atoms in total. The second-order valence-electron chi connectivity index (χ2n) is 7.92. The maximum absolute atomic E-state index is 13.5. The van der Waals surface area contributed by atoms with E-state index in [1.807, 2.05) is 4.90 Å². The molecule has 0 saturated carbocycles. The lowest BCUT2D eigenvalue weighted by molar-refractivity contribution is 0.0104. The van der Waals surface area contributed by atoms with Gasteiger partial charge in [-0.3, -0.25) is 4.90 Å². The molecule has 3 aromatic rings. The second kappa shape index (κ2) is 8.94. The minimum atomic E-state index is -2.68. The standard InChI is InChI=1S/C21H21F4N7O.H2/c22-14-7-15(23)9-16(8-14)32-12-26-21(29-32)28-18-5-13(20(24)25)6-19(27-18)31-10-17(11-31)30-1-3-33-4-2-30;/h5-9,12,17,20H,1-4,10-11H2,(H,27,28,29);1H. The van der Waals surface area contributed by atoms with Crippen LogP contribution in [0.4, 0.5) is 35.1 Å². The van der Waals surface area contributed by atoms with Gasteiger partial charge < -0.3 is 15.0 Å². The predicted molar refractivity (Wildman–Crippen MR) is 114 cm³/mol. The quantitative estimate of drug-likeness (QED) is 0.560. The van der Waals surface area contributed by atoms with Gasteiger partial charge in [-0.2, -0.15) is 4.98 Å². The summed E-state index contributed by atoms with van der Waals surface area (Å²) in [6.45, 7) is 4.50. The third-order valence-electron chi connectivity index (χ3n) is 5.68. The molecule has 0 unspecified atom stereocenters. The summed E-state index contributed by atoms with van der Waals surface area (Å²) in [5.41, 5.74) is -0.0401. The van der Waals surface area contributed by atoms with Crippen LogP contribution in [0, 0.1) is 11.6 Å². The number of halogens is 4.